The third kappa shape index (κ3) is 3.00. The Balaban J connectivity index is 2.26. The highest BCUT2D eigenvalue weighted by Gasteiger charge is 2.26. The molecule has 0 bridgehead atoms. The van der Waals surface area contributed by atoms with E-state index in [2.05, 4.69) is 47.5 Å². The number of hydrogen-bond donors (Lipinski definition) is 0. The normalized spacial score (nSPS) is 21.2. The Hall–Kier alpha value is -0.870. The summed E-state index contributed by atoms with van der Waals surface area (Å²) in [6, 6.07) is 0.549. The number of hydrogen-bond acceptors (Lipinski definition) is 4. The van der Waals surface area contributed by atoms with Crippen molar-refractivity contribution < 1.29 is 0 Å². The quantitative estimate of drug-likeness (QED) is 0.798. The zero-order valence-corrected chi connectivity index (χ0v) is 13.0. The van der Waals surface area contributed by atoms with Gasteiger partial charge in [-0.25, -0.2) is 9.97 Å². The second-order valence-corrected chi connectivity index (χ2v) is 5.84. The molecule has 1 saturated heterocycles. The summed E-state index contributed by atoms with van der Waals surface area (Å²) >= 11 is 6.25. The number of piperazine rings is 1. The molecule has 106 valence electrons. The number of anilines is 1. The fourth-order valence-corrected chi connectivity index (χ4v) is 3.12. The van der Waals surface area contributed by atoms with Crippen LogP contribution in [0.15, 0.2) is 6.33 Å². The predicted molar refractivity (Wildman–Crippen MR) is 80.1 cm³/mol. The van der Waals surface area contributed by atoms with E-state index in [1.165, 1.54) is 0 Å². The monoisotopic (exact) mass is 282 g/mol. The van der Waals surface area contributed by atoms with E-state index in [9.17, 15) is 0 Å². The molecule has 4 nitrogen and oxygen atoms in total. The van der Waals surface area contributed by atoms with Crippen LogP contribution in [-0.2, 0) is 0 Å². The van der Waals surface area contributed by atoms with Gasteiger partial charge in [-0.05, 0) is 19.4 Å². The van der Waals surface area contributed by atoms with Gasteiger partial charge in [-0.1, -0.05) is 32.4 Å². The third-order valence-corrected chi connectivity index (χ3v) is 4.16. The Morgan fingerprint density at radius 1 is 1.37 bits per heavy atom. The maximum atomic E-state index is 6.25. The number of halogens is 1. The molecule has 1 aromatic heterocycles. The summed E-state index contributed by atoms with van der Waals surface area (Å²) in [6.45, 7) is 13.0. The predicted octanol–water partition coefficient (Wildman–Crippen LogP) is 2.78. The molecule has 0 N–H and O–H groups in total. The van der Waals surface area contributed by atoms with Gasteiger partial charge in [-0.2, -0.15) is 0 Å². The molecule has 1 atom stereocenters. The molecule has 1 fully saturated rings. The van der Waals surface area contributed by atoms with E-state index in [1.54, 1.807) is 6.33 Å². The molecular weight excluding hydrogens is 260 g/mol. The molecule has 5 heteroatoms. The first-order valence-electron chi connectivity index (χ1n) is 7.04. The fraction of sp³-hybridized carbons (Fsp3) is 0.714. The van der Waals surface area contributed by atoms with E-state index in [0.717, 1.165) is 37.6 Å². The van der Waals surface area contributed by atoms with Crippen molar-refractivity contribution in [2.24, 2.45) is 0 Å². The zero-order valence-electron chi connectivity index (χ0n) is 12.2. The minimum atomic E-state index is 0.336. The van der Waals surface area contributed by atoms with Crippen LogP contribution < -0.4 is 4.90 Å². The van der Waals surface area contributed by atoms with Crippen LogP contribution in [0.3, 0.4) is 0 Å². The lowest BCUT2D eigenvalue weighted by Crippen LogP contribution is -2.52. The summed E-state index contributed by atoms with van der Waals surface area (Å²) in [5, 5.41) is 0.588. The van der Waals surface area contributed by atoms with Gasteiger partial charge in [0.1, 0.15) is 17.3 Å². The Labute approximate surface area is 120 Å². The smallest absolute Gasteiger partial charge is 0.138 e. The molecule has 0 aromatic carbocycles. The summed E-state index contributed by atoms with van der Waals surface area (Å²) in [4.78, 5) is 13.4. The molecular formula is C14H23ClN4. The first-order valence-corrected chi connectivity index (χ1v) is 7.41. The Kier molecular flexibility index (Phi) is 4.63. The highest BCUT2D eigenvalue weighted by Crippen LogP contribution is 2.31. The van der Waals surface area contributed by atoms with Crippen LogP contribution in [0, 0.1) is 0 Å². The third-order valence-electron chi connectivity index (χ3n) is 3.86. The largest absolute Gasteiger partial charge is 0.353 e. The van der Waals surface area contributed by atoms with Gasteiger partial charge in [-0.3, -0.25) is 4.90 Å². The number of aromatic nitrogens is 2. The van der Waals surface area contributed by atoms with Gasteiger partial charge in [-0.15, -0.1) is 0 Å². The van der Waals surface area contributed by atoms with Crippen LogP contribution in [0.4, 0.5) is 5.82 Å². The van der Waals surface area contributed by atoms with Crippen LogP contribution in [0.25, 0.3) is 0 Å². The molecule has 19 heavy (non-hydrogen) atoms. The molecule has 2 heterocycles. The van der Waals surface area contributed by atoms with E-state index in [0.29, 0.717) is 17.1 Å². The van der Waals surface area contributed by atoms with Gasteiger partial charge < -0.3 is 4.90 Å². The van der Waals surface area contributed by atoms with E-state index in [1.807, 2.05) is 0 Å². The maximum absolute atomic E-state index is 6.25. The first-order chi connectivity index (χ1) is 9.04. The minimum Gasteiger partial charge on any atom is -0.353 e. The number of likely N-dealkylation sites (N-methyl/N-ethyl adjacent to an activating group) is 1. The van der Waals surface area contributed by atoms with Crippen molar-refractivity contribution in [3.8, 4) is 0 Å². The Bertz CT molecular complexity index is 435. The lowest BCUT2D eigenvalue weighted by molar-refractivity contribution is 0.199. The van der Waals surface area contributed by atoms with Gasteiger partial charge in [0.25, 0.3) is 0 Å². The molecule has 0 spiro atoms. The summed E-state index contributed by atoms with van der Waals surface area (Å²) in [5.74, 6) is 1.35. The highest BCUT2D eigenvalue weighted by molar-refractivity contribution is 6.30. The molecule has 0 aliphatic carbocycles. The summed E-state index contributed by atoms with van der Waals surface area (Å²) in [7, 11) is 0. The van der Waals surface area contributed by atoms with Gasteiger partial charge in [0, 0.05) is 31.2 Å². The van der Waals surface area contributed by atoms with E-state index >= 15 is 0 Å². The summed E-state index contributed by atoms with van der Waals surface area (Å²) in [6.07, 6.45) is 1.57. The lowest BCUT2D eigenvalue weighted by atomic mass is 10.0. The van der Waals surface area contributed by atoms with E-state index < -0.39 is 0 Å². The molecule has 1 aliphatic heterocycles. The average Bonchev–Trinajstić information content (AvgIpc) is 2.37. The van der Waals surface area contributed by atoms with Crippen molar-refractivity contribution in [3.05, 3.63) is 17.0 Å². The van der Waals surface area contributed by atoms with Gasteiger partial charge >= 0.3 is 0 Å². The lowest BCUT2D eigenvalue weighted by Gasteiger charge is -2.40. The molecule has 0 amide bonds. The van der Waals surface area contributed by atoms with Crippen molar-refractivity contribution in [2.75, 3.05) is 31.1 Å². The van der Waals surface area contributed by atoms with Crippen molar-refractivity contribution in [2.45, 2.75) is 39.7 Å². The van der Waals surface area contributed by atoms with E-state index in [4.69, 9.17) is 11.6 Å². The molecule has 1 aliphatic rings. The van der Waals surface area contributed by atoms with Crippen molar-refractivity contribution in [3.63, 3.8) is 0 Å². The standard InChI is InChI=1S/C14H23ClN4/c1-5-18-6-7-19(8-11(18)4)14-12(10(2)3)13(15)16-9-17-14/h9-11H,5-8H2,1-4H3. The second-order valence-electron chi connectivity index (χ2n) is 5.48. The molecule has 0 saturated carbocycles. The van der Waals surface area contributed by atoms with Gasteiger partial charge in [0.15, 0.2) is 0 Å². The SMILES string of the molecule is CCN1CCN(c2ncnc(Cl)c2C(C)C)CC1C. The summed E-state index contributed by atoms with van der Waals surface area (Å²) < 4.78 is 0. The molecule has 0 radical (unpaired) electrons. The number of rotatable bonds is 3. The molecule has 1 aromatic rings. The van der Waals surface area contributed by atoms with Crippen LogP contribution in [-0.4, -0.2) is 47.1 Å². The highest BCUT2D eigenvalue weighted by atomic mass is 35.5. The van der Waals surface area contributed by atoms with Crippen molar-refractivity contribution >= 4 is 17.4 Å². The van der Waals surface area contributed by atoms with Crippen LogP contribution in [0.5, 0.6) is 0 Å². The fourth-order valence-electron chi connectivity index (χ4n) is 2.77. The Morgan fingerprint density at radius 3 is 2.68 bits per heavy atom. The van der Waals surface area contributed by atoms with Gasteiger partial charge in [0.2, 0.25) is 0 Å². The van der Waals surface area contributed by atoms with Crippen LogP contribution in [0.1, 0.15) is 39.2 Å². The van der Waals surface area contributed by atoms with Crippen LogP contribution >= 0.6 is 11.6 Å². The first kappa shape index (κ1) is 14.5. The average molecular weight is 283 g/mol. The Morgan fingerprint density at radius 2 is 2.11 bits per heavy atom. The number of nitrogens with zero attached hydrogens (tertiary/aromatic N) is 4. The maximum Gasteiger partial charge on any atom is 0.138 e. The van der Waals surface area contributed by atoms with Crippen LogP contribution in [0.2, 0.25) is 5.15 Å². The van der Waals surface area contributed by atoms with Crippen molar-refractivity contribution in [1.29, 1.82) is 0 Å². The summed E-state index contributed by atoms with van der Waals surface area (Å²) in [5.41, 5.74) is 1.07. The second kappa shape index (κ2) is 6.06. The molecule has 2 rings (SSSR count). The molecule has 1 unspecified atom stereocenters. The minimum absolute atomic E-state index is 0.336. The van der Waals surface area contributed by atoms with Gasteiger partial charge in [0.05, 0.1) is 0 Å². The zero-order chi connectivity index (χ0) is 14.0. The van der Waals surface area contributed by atoms with E-state index in [-0.39, 0.29) is 0 Å². The topological polar surface area (TPSA) is 32.3 Å². The van der Waals surface area contributed by atoms with Crippen molar-refractivity contribution in [1.82, 2.24) is 14.9 Å².